The number of halogens is 2. The fourth-order valence-corrected chi connectivity index (χ4v) is 4.72. The van der Waals surface area contributed by atoms with Crippen molar-refractivity contribution in [3.05, 3.63) is 33.8 Å². The summed E-state index contributed by atoms with van der Waals surface area (Å²) in [6, 6.07) is 5.72. The SMILES string of the molecule is CN(C)CCCNC(=O)C[C@@H]1CC[C@H]2[C@@H](COC[C@@H](O)CN2Cc2ccc(Cl)c(Cl)c2)O1. The second kappa shape index (κ2) is 12.5. The highest BCUT2D eigenvalue weighted by Crippen LogP contribution is 2.30. The van der Waals surface area contributed by atoms with Crippen LogP contribution in [0.5, 0.6) is 0 Å². The van der Waals surface area contributed by atoms with Gasteiger partial charge in [0.15, 0.2) is 0 Å². The zero-order chi connectivity index (χ0) is 23.1. The summed E-state index contributed by atoms with van der Waals surface area (Å²) >= 11 is 12.3. The van der Waals surface area contributed by atoms with Crippen LogP contribution < -0.4 is 5.32 Å². The third kappa shape index (κ3) is 7.83. The van der Waals surface area contributed by atoms with Gasteiger partial charge < -0.3 is 24.8 Å². The molecule has 2 aliphatic heterocycles. The minimum Gasteiger partial charge on any atom is -0.389 e. The second-order valence-electron chi connectivity index (χ2n) is 9.02. The number of ether oxygens (including phenoxy) is 2. The predicted molar refractivity (Wildman–Crippen MR) is 126 cm³/mol. The number of amides is 1. The third-order valence-corrected chi connectivity index (χ3v) is 6.71. The Morgan fingerprint density at radius 3 is 2.81 bits per heavy atom. The molecule has 2 N–H and O–H groups in total. The molecule has 0 saturated carbocycles. The van der Waals surface area contributed by atoms with E-state index in [-0.39, 0.29) is 30.8 Å². The molecule has 2 heterocycles. The monoisotopic (exact) mass is 487 g/mol. The average molecular weight is 488 g/mol. The third-order valence-electron chi connectivity index (χ3n) is 5.97. The van der Waals surface area contributed by atoms with E-state index >= 15 is 0 Å². The van der Waals surface area contributed by atoms with Gasteiger partial charge in [0.05, 0.1) is 48.0 Å². The first-order valence-electron chi connectivity index (χ1n) is 11.3. The molecule has 0 aromatic heterocycles. The minimum atomic E-state index is -0.565. The lowest BCUT2D eigenvalue weighted by Crippen LogP contribution is -2.55. The van der Waals surface area contributed by atoms with Crippen molar-refractivity contribution in [1.82, 2.24) is 15.1 Å². The Hall–Kier alpha value is -0.930. The Kier molecular flexibility index (Phi) is 10.0. The number of hydrogen-bond acceptors (Lipinski definition) is 6. The maximum absolute atomic E-state index is 12.3. The van der Waals surface area contributed by atoms with Crippen LogP contribution in [0.25, 0.3) is 0 Å². The summed E-state index contributed by atoms with van der Waals surface area (Å²) in [7, 11) is 4.05. The Morgan fingerprint density at radius 2 is 2.06 bits per heavy atom. The van der Waals surface area contributed by atoms with Gasteiger partial charge in [-0.2, -0.15) is 0 Å². The summed E-state index contributed by atoms with van der Waals surface area (Å²) in [6.45, 7) is 3.41. The molecule has 1 aromatic rings. The number of hydrogen-bond donors (Lipinski definition) is 2. The predicted octanol–water partition coefficient (Wildman–Crippen LogP) is 2.56. The van der Waals surface area contributed by atoms with Crippen molar-refractivity contribution in [2.75, 3.05) is 46.9 Å². The van der Waals surface area contributed by atoms with Crippen LogP contribution in [0.3, 0.4) is 0 Å². The number of nitrogens with one attached hydrogen (secondary N) is 1. The Morgan fingerprint density at radius 1 is 1.25 bits per heavy atom. The van der Waals surface area contributed by atoms with Crippen LogP contribution in [0, 0.1) is 0 Å². The molecule has 0 bridgehead atoms. The van der Waals surface area contributed by atoms with Gasteiger partial charge in [-0.3, -0.25) is 9.69 Å². The molecule has 0 radical (unpaired) electrons. The van der Waals surface area contributed by atoms with Crippen molar-refractivity contribution in [3.8, 4) is 0 Å². The van der Waals surface area contributed by atoms with Crippen LogP contribution in [-0.4, -0.2) is 92.1 Å². The van der Waals surface area contributed by atoms with Gasteiger partial charge in [-0.15, -0.1) is 0 Å². The molecule has 7 nitrogen and oxygen atoms in total. The van der Waals surface area contributed by atoms with E-state index in [9.17, 15) is 9.90 Å². The molecular weight excluding hydrogens is 453 g/mol. The fraction of sp³-hybridized carbons (Fsp3) is 0.696. The largest absolute Gasteiger partial charge is 0.389 e. The van der Waals surface area contributed by atoms with E-state index in [0.29, 0.717) is 42.7 Å². The van der Waals surface area contributed by atoms with Crippen LogP contribution in [0.1, 0.15) is 31.2 Å². The molecular formula is C23H35Cl2N3O4. The number of benzene rings is 1. The number of carbonyl (C=O) groups is 1. The molecule has 2 aliphatic rings. The Balaban J connectivity index is 1.57. The highest BCUT2D eigenvalue weighted by molar-refractivity contribution is 6.42. The van der Waals surface area contributed by atoms with Crippen molar-refractivity contribution < 1.29 is 19.4 Å². The first-order chi connectivity index (χ1) is 15.3. The number of aliphatic hydroxyl groups is 1. The Bertz CT molecular complexity index is 752. The maximum atomic E-state index is 12.3. The average Bonchev–Trinajstić information content (AvgIpc) is 2.72. The summed E-state index contributed by atoms with van der Waals surface area (Å²) in [4.78, 5) is 16.7. The number of rotatable bonds is 8. The minimum absolute atomic E-state index is 0.0297. The zero-order valence-electron chi connectivity index (χ0n) is 18.9. The highest BCUT2D eigenvalue weighted by Gasteiger charge is 2.38. The normalized spacial score (nSPS) is 26.9. The van der Waals surface area contributed by atoms with Crippen LogP contribution in [-0.2, 0) is 20.8 Å². The van der Waals surface area contributed by atoms with Crippen molar-refractivity contribution in [3.63, 3.8) is 0 Å². The number of nitrogens with zero attached hydrogens (tertiary/aromatic N) is 2. The molecule has 0 unspecified atom stereocenters. The smallest absolute Gasteiger partial charge is 0.222 e. The topological polar surface area (TPSA) is 74.3 Å². The molecule has 9 heteroatoms. The van der Waals surface area contributed by atoms with Gasteiger partial charge in [0, 0.05) is 25.7 Å². The maximum Gasteiger partial charge on any atom is 0.222 e. The van der Waals surface area contributed by atoms with Gasteiger partial charge in [0.2, 0.25) is 5.91 Å². The molecule has 2 saturated heterocycles. The van der Waals surface area contributed by atoms with Crippen LogP contribution in [0.4, 0.5) is 0 Å². The van der Waals surface area contributed by atoms with Crippen molar-refractivity contribution in [2.24, 2.45) is 0 Å². The lowest BCUT2D eigenvalue weighted by molar-refractivity contribution is -0.158. The quantitative estimate of drug-likeness (QED) is 0.548. The van der Waals surface area contributed by atoms with Crippen molar-refractivity contribution in [2.45, 2.75) is 56.6 Å². The highest BCUT2D eigenvalue weighted by atomic mass is 35.5. The van der Waals surface area contributed by atoms with Gasteiger partial charge >= 0.3 is 0 Å². The summed E-state index contributed by atoms with van der Waals surface area (Å²) in [5, 5.41) is 14.4. The molecule has 3 rings (SSSR count). The number of fused-ring (bicyclic) bond motifs is 1. The molecule has 0 spiro atoms. The van der Waals surface area contributed by atoms with E-state index < -0.39 is 6.10 Å². The van der Waals surface area contributed by atoms with Crippen LogP contribution >= 0.6 is 23.2 Å². The van der Waals surface area contributed by atoms with E-state index in [4.69, 9.17) is 32.7 Å². The van der Waals surface area contributed by atoms with E-state index in [2.05, 4.69) is 15.1 Å². The summed E-state index contributed by atoms with van der Waals surface area (Å²) < 4.78 is 12.0. The van der Waals surface area contributed by atoms with Crippen LogP contribution in [0.2, 0.25) is 10.0 Å². The lowest BCUT2D eigenvalue weighted by atomic mass is 9.94. The zero-order valence-corrected chi connectivity index (χ0v) is 20.4. The van der Waals surface area contributed by atoms with Crippen molar-refractivity contribution >= 4 is 29.1 Å². The van der Waals surface area contributed by atoms with Gasteiger partial charge in [0.25, 0.3) is 0 Å². The van der Waals surface area contributed by atoms with Gasteiger partial charge in [-0.1, -0.05) is 29.3 Å². The van der Waals surface area contributed by atoms with E-state index in [1.807, 2.05) is 26.2 Å². The summed E-state index contributed by atoms with van der Waals surface area (Å²) in [5.41, 5.74) is 1.03. The molecule has 1 aromatic carbocycles. The van der Waals surface area contributed by atoms with Crippen LogP contribution in [0.15, 0.2) is 18.2 Å². The van der Waals surface area contributed by atoms with E-state index in [1.165, 1.54) is 0 Å². The van der Waals surface area contributed by atoms with E-state index in [1.54, 1.807) is 6.07 Å². The number of β-amino-alcohol motifs (C(OH)–C–C–N with tert-alkyl or cyclic N) is 1. The van der Waals surface area contributed by atoms with Gasteiger partial charge in [-0.25, -0.2) is 0 Å². The molecule has 4 atom stereocenters. The lowest BCUT2D eigenvalue weighted by Gasteiger charge is -2.44. The van der Waals surface area contributed by atoms with E-state index in [0.717, 1.165) is 31.4 Å². The molecule has 1 amide bonds. The first-order valence-corrected chi connectivity index (χ1v) is 12.1. The fourth-order valence-electron chi connectivity index (χ4n) is 4.40. The standard InChI is InChI=1S/C23H35Cl2N3O4/c1-27(2)9-3-8-26-23(30)11-18-5-7-21-22(32-18)15-31-14-17(29)13-28(21)12-16-4-6-19(24)20(25)10-16/h4,6,10,17-18,21-22,29H,3,5,7-9,11-15H2,1-2H3,(H,26,30)/t17-,18-,21-,22+/m0/s1. The molecule has 32 heavy (non-hydrogen) atoms. The second-order valence-corrected chi connectivity index (χ2v) is 9.84. The first kappa shape index (κ1) is 25.7. The van der Waals surface area contributed by atoms with Crippen molar-refractivity contribution in [1.29, 1.82) is 0 Å². The number of aliphatic hydroxyl groups excluding tert-OH is 1. The molecule has 0 aliphatic carbocycles. The summed E-state index contributed by atoms with van der Waals surface area (Å²) in [5.74, 6) is 0.0297. The van der Waals surface area contributed by atoms with Gasteiger partial charge in [-0.05, 0) is 57.6 Å². The molecule has 2 fully saturated rings. The van der Waals surface area contributed by atoms with Gasteiger partial charge in [0.1, 0.15) is 0 Å². The number of carbonyl (C=O) groups excluding carboxylic acids is 1. The Labute approximate surface area is 200 Å². The molecule has 180 valence electrons. The summed E-state index contributed by atoms with van der Waals surface area (Å²) in [6.07, 6.45) is 2.12.